The molecule has 4 amide bonds. The molecule has 1 saturated carbocycles. The zero-order valence-corrected chi connectivity index (χ0v) is 31.5. The van der Waals surface area contributed by atoms with Gasteiger partial charge in [-0.2, -0.15) is 36.4 Å². The molecule has 13 nitrogen and oxygen atoms in total. The van der Waals surface area contributed by atoms with Crippen molar-refractivity contribution in [1.29, 1.82) is 0 Å². The van der Waals surface area contributed by atoms with Crippen LogP contribution in [0.25, 0.3) is 0 Å². The summed E-state index contributed by atoms with van der Waals surface area (Å²) in [5.74, 6) is -11.7. The number of benzene rings is 1. The third-order valence-electron chi connectivity index (χ3n) is 10.9. The molecule has 0 bridgehead atoms. The first kappa shape index (κ1) is 39.9. The van der Waals surface area contributed by atoms with Crippen LogP contribution in [0.3, 0.4) is 0 Å². The van der Waals surface area contributed by atoms with Crippen molar-refractivity contribution in [3.8, 4) is 17.2 Å². The molecule has 4 heterocycles. The fraction of sp³-hybridized carbons (Fsp3) is 0.389. The predicted molar refractivity (Wildman–Crippen MR) is 188 cm³/mol. The molecular formula is C36H30Cl2F6N6O7. The number of nitrogens with zero attached hydrogens (tertiary/aromatic N) is 6. The van der Waals surface area contributed by atoms with Gasteiger partial charge in [0.05, 0.1) is 47.9 Å². The van der Waals surface area contributed by atoms with Gasteiger partial charge in [0.2, 0.25) is 0 Å². The number of pyridine rings is 2. The van der Waals surface area contributed by atoms with Crippen molar-refractivity contribution >= 4 is 58.5 Å². The summed E-state index contributed by atoms with van der Waals surface area (Å²) >= 11 is 12.5. The number of aromatic nitrogens is 2. The number of carbonyl (C=O) groups excluding carboxylic acids is 4. The third kappa shape index (κ3) is 6.34. The van der Waals surface area contributed by atoms with Gasteiger partial charge in [-0.15, -0.1) is 0 Å². The average molecular weight is 844 g/mol. The number of phenols is 1. The van der Waals surface area contributed by atoms with Gasteiger partial charge >= 0.3 is 12.4 Å². The predicted octanol–water partition coefficient (Wildman–Crippen LogP) is 6.28. The summed E-state index contributed by atoms with van der Waals surface area (Å²) in [5, 5.41) is 12.8. The van der Waals surface area contributed by atoms with Crippen molar-refractivity contribution in [3.05, 3.63) is 75.0 Å². The molecule has 3 aromatic rings. The summed E-state index contributed by atoms with van der Waals surface area (Å²) in [6.07, 6.45) is -8.43. The molecule has 57 heavy (non-hydrogen) atoms. The molecule has 2 aliphatic carbocycles. The van der Waals surface area contributed by atoms with Gasteiger partial charge in [-0.05, 0) is 43.0 Å². The Hall–Kier alpha value is -5.30. The topological polar surface area (TPSA) is 146 Å². The summed E-state index contributed by atoms with van der Waals surface area (Å²) < 4.78 is 93.3. The molecule has 2 aromatic heterocycles. The molecule has 21 heteroatoms. The number of hydrazine groups is 2. The minimum absolute atomic E-state index is 0.0226. The van der Waals surface area contributed by atoms with Crippen LogP contribution in [0, 0.1) is 29.6 Å². The number of halogens is 8. The van der Waals surface area contributed by atoms with E-state index in [0.717, 1.165) is 36.2 Å². The zero-order valence-electron chi connectivity index (χ0n) is 30.0. The molecule has 7 rings (SSSR count). The number of fused-ring (bicyclic) bond motifs is 4. The fourth-order valence-corrected chi connectivity index (χ4v) is 8.98. The Labute approximate surface area is 329 Å². The highest BCUT2D eigenvalue weighted by Gasteiger charge is 2.64. The summed E-state index contributed by atoms with van der Waals surface area (Å²) in [6, 6.07) is 5.62. The largest absolute Gasteiger partial charge is 0.508 e. The van der Waals surface area contributed by atoms with E-state index < -0.39 is 94.5 Å². The minimum Gasteiger partial charge on any atom is -0.508 e. The summed E-state index contributed by atoms with van der Waals surface area (Å²) in [4.78, 5) is 64.8. The van der Waals surface area contributed by atoms with Crippen molar-refractivity contribution in [1.82, 2.24) is 20.0 Å². The zero-order chi connectivity index (χ0) is 41.6. The van der Waals surface area contributed by atoms with Crippen LogP contribution < -0.4 is 19.5 Å². The number of carbonyl (C=O) groups is 4. The number of amides is 4. The Morgan fingerprint density at radius 2 is 1.18 bits per heavy atom. The first-order valence-electron chi connectivity index (χ1n) is 17.1. The lowest BCUT2D eigenvalue weighted by atomic mass is 9.57. The van der Waals surface area contributed by atoms with Crippen molar-refractivity contribution in [2.75, 3.05) is 38.3 Å². The van der Waals surface area contributed by atoms with Gasteiger partial charge < -0.3 is 14.6 Å². The van der Waals surface area contributed by atoms with E-state index >= 15 is 0 Å². The van der Waals surface area contributed by atoms with Crippen LogP contribution in [0.2, 0.25) is 10.0 Å². The molecule has 2 aliphatic heterocycles. The number of ether oxygens (including phenoxy) is 2. The van der Waals surface area contributed by atoms with E-state index in [-0.39, 0.29) is 45.7 Å². The van der Waals surface area contributed by atoms with Crippen molar-refractivity contribution in [3.63, 3.8) is 0 Å². The number of anilines is 2. The molecule has 1 N–H and O–H groups in total. The van der Waals surface area contributed by atoms with Gasteiger partial charge in [0.25, 0.3) is 23.6 Å². The van der Waals surface area contributed by atoms with Crippen LogP contribution in [0.5, 0.6) is 17.2 Å². The first-order chi connectivity index (χ1) is 26.7. The lowest BCUT2D eigenvalue weighted by molar-refractivity contribution is -0.143. The van der Waals surface area contributed by atoms with Crippen LogP contribution in [-0.4, -0.2) is 77.0 Å². The van der Waals surface area contributed by atoms with E-state index in [1.165, 1.54) is 26.4 Å². The number of hydrogen-bond donors (Lipinski definition) is 1. The molecule has 0 unspecified atom stereocenters. The second kappa shape index (κ2) is 14.0. The molecule has 3 fully saturated rings. The second-order valence-corrected chi connectivity index (χ2v) is 14.6. The maximum atomic E-state index is 14.6. The lowest BCUT2D eigenvalue weighted by Crippen LogP contribution is -2.46. The molecule has 2 saturated heterocycles. The van der Waals surface area contributed by atoms with Crippen molar-refractivity contribution in [2.45, 2.75) is 31.1 Å². The van der Waals surface area contributed by atoms with Gasteiger partial charge in [0, 0.05) is 37.7 Å². The van der Waals surface area contributed by atoms with Gasteiger partial charge in [-0.1, -0.05) is 34.9 Å². The number of hydrogen-bond acceptors (Lipinski definition) is 11. The maximum Gasteiger partial charge on any atom is 0.433 e. The number of alkyl halides is 6. The standard InChI is InChI=1S/C36H30Cl2F6N6O7/c1-47(29-19(37)7-9-23(45-29)35(39,40)41)49-31(52)16-6-5-15-17(25(16)33(49)54)13-18-27(26(15)28-21(56-3)11-14(51)12-22(28)57-4)34(55)50(32(18)53)48(2)30-20(38)8-10-24(46-30)36(42,43)44/h5,7-12,16-18,25-27,51H,6,13H2,1-4H3/t16-,17+,18+,25-,26-,27+/m0/s1. The summed E-state index contributed by atoms with van der Waals surface area (Å²) in [7, 11) is 4.86. The number of methoxy groups -OCH3 is 2. The minimum atomic E-state index is -4.90. The van der Waals surface area contributed by atoms with E-state index in [1.54, 1.807) is 6.08 Å². The maximum absolute atomic E-state index is 14.6. The number of allylic oxidation sites excluding steroid dienone is 2. The lowest BCUT2D eigenvalue weighted by Gasteiger charge is -2.44. The quantitative estimate of drug-likeness (QED) is 0.163. The van der Waals surface area contributed by atoms with Crippen molar-refractivity contribution < 1.29 is 60.1 Å². The number of aromatic hydroxyl groups is 1. The highest BCUT2D eigenvalue weighted by atomic mass is 35.5. The van der Waals surface area contributed by atoms with Crippen LogP contribution in [0.4, 0.5) is 38.0 Å². The Bertz CT molecular complexity index is 2230. The molecule has 302 valence electrons. The van der Waals surface area contributed by atoms with Crippen LogP contribution in [0.1, 0.15) is 35.7 Å². The Morgan fingerprint density at radius 1 is 0.719 bits per heavy atom. The van der Waals surface area contributed by atoms with E-state index in [9.17, 15) is 50.6 Å². The van der Waals surface area contributed by atoms with E-state index in [1.807, 2.05) is 0 Å². The molecule has 4 aliphatic rings. The highest BCUT2D eigenvalue weighted by molar-refractivity contribution is 6.33. The smallest absolute Gasteiger partial charge is 0.433 e. The van der Waals surface area contributed by atoms with E-state index in [4.69, 9.17) is 32.7 Å². The van der Waals surface area contributed by atoms with Gasteiger partial charge in [-0.3, -0.25) is 29.2 Å². The molecule has 6 atom stereocenters. The molecular weight excluding hydrogens is 813 g/mol. The van der Waals surface area contributed by atoms with Gasteiger partial charge in [0.1, 0.15) is 28.6 Å². The third-order valence-corrected chi connectivity index (χ3v) is 11.5. The second-order valence-electron chi connectivity index (χ2n) is 13.8. The van der Waals surface area contributed by atoms with E-state index in [0.29, 0.717) is 27.7 Å². The normalized spacial score (nSPS) is 24.6. The van der Waals surface area contributed by atoms with Crippen LogP contribution in [-0.2, 0) is 31.5 Å². The molecule has 1 aromatic carbocycles. The van der Waals surface area contributed by atoms with Crippen molar-refractivity contribution in [2.24, 2.45) is 29.6 Å². The fourth-order valence-electron chi connectivity index (χ4n) is 8.52. The first-order valence-corrected chi connectivity index (χ1v) is 17.8. The number of phenolic OH excluding ortho intramolecular Hbond substituents is 1. The molecule has 0 radical (unpaired) electrons. The summed E-state index contributed by atoms with van der Waals surface area (Å²) in [6.45, 7) is 0. The van der Waals surface area contributed by atoms with Crippen LogP contribution >= 0.6 is 23.2 Å². The highest BCUT2D eigenvalue weighted by Crippen LogP contribution is 2.61. The van der Waals surface area contributed by atoms with Gasteiger partial charge in [0.15, 0.2) is 11.6 Å². The number of rotatable bonds is 7. The summed E-state index contributed by atoms with van der Waals surface area (Å²) in [5.41, 5.74) is -2.06. The average Bonchev–Trinajstić information content (AvgIpc) is 3.55. The monoisotopic (exact) mass is 842 g/mol. The SMILES string of the molecule is COc1cc(O)cc(OC)c1[C@H]1C2=CC[C@@H]3C(=O)N(N(C)c4nc(C(F)(F)F)ccc4Cl)C(=O)[C@@H]3[C@@H]2C[C@H]2C(=O)N(N(C)c3nc(C(F)(F)F)ccc3Cl)C(=O)[C@@H]12. The Balaban J connectivity index is 1.34. The Morgan fingerprint density at radius 3 is 1.63 bits per heavy atom. The van der Waals surface area contributed by atoms with Gasteiger partial charge in [-0.25, -0.2) is 9.97 Å². The van der Waals surface area contributed by atoms with Crippen LogP contribution in [0.15, 0.2) is 48.0 Å². The molecule has 0 spiro atoms. The van der Waals surface area contributed by atoms with E-state index in [2.05, 4.69) is 9.97 Å². The number of imide groups is 2. The Kier molecular flexibility index (Phi) is 9.78.